The zero-order valence-corrected chi connectivity index (χ0v) is 13.2. The van der Waals surface area contributed by atoms with Gasteiger partial charge in [0, 0.05) is 42.8 Å². The van der Waals surface area contributed by atoms with Crippen LogP contribution < -0.4 is 0 Å². The molecule has 0 saturated heterocycles. The Labute approximate surface area is 125 Å². The molecular formula is C11H14FN3O5P2. The molecule has 2 heterocycles. The number of hydrogen-bond donors (Lipinski definition) is 4. The van der Waals surface area contributed by atoms with E-state index in [-0.39, 0.29) is 5.56 Å². The number of rotatable bonds is 5. The van der Waals surface area contributed by atoms with Gasteiger partial charge in [0.1, 0.15) is 0 Å². The topological polar surface area (TPSA) is 136 Å². The molecular weight excluding hydrogens is 335 g/mol. The van der Waals surface area contributed by atoms with E-state index in [0.717, 1.165) is 0 Å². The molecule has 0 saturated carbocycles. The Morgan fingerprint density at radius 3 is 2.41 bits per heavy atom. The first-order chi connectivity index (χ1) is 10.0. The van der Waals surface area contributed by atoms with Gasteiger partial charge in [-0.1, -0.05) is 0 Å². The summed E-state index contributed by atoms with van der Waals surface area (Å²) in [6.45, 7) is 0.583. The fourth-order valence-corrected chi connectivity index (χ4v) is 4.70. The Kier molecular flexibility index (Phi) is 4.39. The Balaban J connectivity index is 2.43. The van der Waals surface area contributed by atoms with Crippen LogP contribution in [0.5, 0.6) is 0 Å². The third-order valence-electron chi connectivity index (χ3n) is 3.14. The van der Waals surface area contributed by atoms with Crippen LogP contribution in [0.3, 0.4) is 0 Å². The molecule has 2 aromatic rings. The standard InChI is InChI=1S/C11H14FN3O5P2/c1-21(16,17)11(12,22(18,19)20)3-8-2-9(5-13-4-8)10-6-14-15-7-10/h2,4-7H,3H2,1H3,(H,14,15)(H,16,17)(H2,18,19,20). The van der Waals surface area contributed by atoms with Crippen molar-refractivity contribution in [2.24, 2.45) is 0 Å². The van der Waals surface area contributed by atoms with Gasteiger partial charge in [-0.15, -0.1) is 0 Å². The average Bonchev–Trinajstić information content (AvgIpc) is 2.90. The minimum atomic E-state index is -5.48. The summed E-state index contributed by atoms with van der Waals surface area (Å²) in [7, 11) is -10.2. The number of H-pyrrole nitrogens is 1. The lowest BCUT2D eigenvalue weighted by atomic mass is 10.1. The fourth-order valence-electron chi connectivity index (χ4n) is 1.90. The number of hydrogen-bond acceptors (Lipinski definition) is 4. The van der Waals surface area contributed by atoms with E-state index in [1.165, 1.54) is 24.7 Å². The van der Waals surface area contributed by atoms with Crippen molar-refractivity contribution >= 4 is 15.0 Å². The molecule has 0 aliphatic rings. The van der Waals surface area contributed by atoms with E-state index in [9.17, 15) is 18.4 Å². The van der Waals surface area contributed by atoms with Gasteiger partial charge in [0.05, 0.1) is 6.20 Å². The third kappa shape index (κ3) is 3.19. The monoisotopic (exact) mass is 349 g/mol. The molecule has 2 aromatic heterocycles. The SMILES string of the molecule is CP(=O)(O)C(F)(Cc1cncc(-c2cn[nH]c2)c1)P(=O)(O)O. The molecule has 0 bridgehead atoms. The number of aromatic nitrogens is 3. The fraction of sp³-hybridized carbons (Fsp3) is 0.273. The van der Waals surface area contributed by atoms with E-state index >= 15 is 0 Å². The molecule has 0 aliphatic heterocycles. The highest BCUT2D eigenvalue weighted by Gasteiger charge is 2.59. The quantitative estimate of drug-likeness (QED) is 0.603. The first-order valence-corrected chi connectivity index (χ1v) is 9.74. The maximum atomic E-state index is 14.6. The van der Waals surface area contributed by atoms with Gasteiger partial charge in [-0.2, -0.15) is 5.10 Å². The van der Waals surface area contributed by atoms with Gasteiger partial charge >= 0.3 is 7.60 Å². The Morgan fingerprint density at radius 1 is 1.23 bits per heavy atom. The molecule has 0 radical (unpaired) electrons. The van der Waals surface area contributed by atoms with E-state index in [1.807, 2.05) is 0 Å². The van der Waals surface area contributed by atoms with E-state index in [2.05, 4.69) is 15.2 Å². The summed E-state index contributed by atoms with van der Waals surface area (Å²) >= 11 is 0. The number of halogens is 1. The van der Waals surface area contributed by atoms with Crippen LogP contribution in [0.2, 0.25) is 0 Å². The lowest BCUT2D eigenvalue weighted by molar-refractivity contribution is 0.251. The lowest BCUT2D eigenvalue weighted by Gasteiger charge is -2.28. The van der Waals surface area contributed by atoms with Crippen LogP contribution in [0, 0.1) is 0 Å². The van der Waals surface area contributed by atoms with Gasteiger partial charge in [0.25, 0.3) is 5.15 Å². The van der Waals surface area contributed by atoms with E-state index < -0.39 is 26.5 Å². The highest BCUT2D eigenvalue weighted by molar-refractivity contribution is 7.74. The lowest BCUT2D eigenvalue weighted by Crippen LogP contribution is -2.26. The molecule has 2 rings (SSSR count). The molecule has 0 aromatic carbocycles. The molecule has 2 unspecified atom stereocenters. The molecule has 0 aliphatic carbocycles. The van der Waals surface area contributed by atoms with Gasteiger partial charge in [-0.3, -0.25) is 19.2 Å². The first-order valence-electron chi connectivity index (χ1n) is 6.02. The third-order valence-corrected chi connectivity index (χ3v) is 7.51. The summed E-state index contributed by atoms with van der Waals surface area (Å²) in [4.78, 5) is 31.6. The van der Waals surface area contributed by atoms with E-state index in [4.69, 9.17) is 9.79 Å². The maximum absolute atomic E-state index is 14.6. The average molecular weight is 349 g/mol. The van der Waals surface area contributed by atoms with E-state index in [1.54, 1.807) is 6.20 Å². The van der Waals surface area contributed by atoms with Crippen molar-refractivity contribution in [3.63, 3.8) is 0 Å². The summed E-state index contributed by atoms with van der Waals surface area (Å²) in [6, 6.07) is 1.43. The Hall–Kier alpha value is -1.37. The van der Waals surface area contributed by atoms with Crippen molar-refractivity contribution in [1.29, 1.82) is 0 Å². The summed E-state index contributed by atoms with van der Waals surface area (Å²) in [5.41, 5.74) is 1.25. The number of aromatic amines is 1. The number of alkyl halides is 1. The van der Waals surface area contributed by atoms with Gasteiger partial charge in [0.15, 0.2) is 0 Å². The van der Waals surface area contributed by atoms with Crippen molar-refractivity contribution in [2.75, 3.05) is 6.66 Å². The predicted octanol–water partition coefficient (Wildman–Crippen LogP) is 1.72. The van der Waals surface area contributed by atoms with Crippen molar-refractivity contribution in [3.05, 3.63) is 36.4 Å². The minimum absolute atomic E-state index is 0.0839. The van der Waals surface area contributed by atoms with Gasteiger partial charge in [-0.25, -0.2) is 4.39 Å². The zero-order chi connectivity index (χ0) is 16.6. The maximum Gasteiger partial charge on any atom is 0.372 e. The predicted molar refractivity (Wildman–Crippen MR) is 77.2 cm³/mol. The molecule has 22 heavy (non-hydrogen) atoms. The van der Waals surface area contributed by atoms with Crippen molar-refractivity contribution < 1.29 is 28.2 Å². The largest absolute Gasteiger partial charge is 0.372 e. The van der Waals surface area contributed by atoms with Crippen LogP contribution in [-0.4, -0.2) is 41.7 Å². The molecule has 120 valence electrons. The number of nitrogens with one attached hydrogen (secondary N) is 1. The molecule has 11 heteroatoms. The first kappa shape index (κ1) is 17.0. The van der Waals surface area contributed by atoms with Crippen LogP contribution in [-0.2, 0) is 15.6 Å². The zero-order valence-electron chi connectivity index (χ0n) is 11.4. The van der Waals surface area contributed by atoms with Crippen LogP contribution >= 0.6 is 15.0 Å². The van der Waals surface area contributed by atoms with Gasteiger partial charge in [0.2, 0.25) is 7.37 Å². The molecule has 0 spiro atoms. The van der Waals surface area contributed by atoms with Crippen molar-refractivity contribution in [1.82, 2.24) is 15.2 Å². The second-order valence-electron chi connectivity index (χ2n) is 4.89. The van der Waals surface area contributed by atoms with Crippen molar-refractivity contribution in [3.8, 4) is 11.1 Å². The summed E-state index contributed by atoms with van der Waals surface area (Å²) in [5.74, 6) is 0. The van der Waals surface area contributed by atoms with Crippen LogP contribution in [0.15, 0.2) is 30.9 Å². The Morgan fingerprint density at radius 2 is 1.91 bits per heavy atom. The number of nitrogens with zero attached hydrogens (tertiary/aromatic N) is 2. The smallest absolute Gasteiger partial charge is 0.342 e. The summed E-state index contributed by atoms with van der Waals surface area (Å²) in [5, 5.41) is 2.77. The summed E-state index contributed by atoms with van der Waals surface area (Å²) in [6.07, 6.45) is 4.76. The minimum Gasteiger partial charge on any atom is -0.342 e. The second-order valence-corrected chi connectivity index (χ2v) is 9.50. The Bertz CT molecular complexity index is 733. The van der Waals surface area contributed by atoms with Gasteiger partial charge in [-0.05, 0) is 11.6 Å². The van der Waals surface area contributed by atoms with Crippen molar-refractivity contribution in [2.45, 2.75) is 11.6 Å². The molecule has 8 nitrogen and oxygen atoms in total. The van der Waals surface area contributed by atoms with Crippen LogP contribution in [0.25, 0.3) is 11.1 Å². The normalized spacial score (nSPS) is 17.7. The molecule has 4 N–H and O–H groups in total. The molecule has 2 atom stereocenters. The van der Waals surface area contributed by atoms with Gasteiger partial charge < -0.3 is 14.7 Å². The molecule has 0 fully saturated rings. The molecule has 0 amide bonds. The van der Waals surface area contributed by atoms with E-state index in [0.29, 0.717) is 17.8 Å². The second kappa shape index (κ2) is 5.68. The highest BCUT2D eigenvalue weighted by Crippen LogP contribution is 2.71. The summed E-state index contributed by atoms with van der Waals surface area (Å²) < 4.78 is 37.7. The number of pyridine rings is 1. The van der Waals surface area contributed by atoms with Crippen LogP contribution in [0.1, 0.15) is 5.56 Å². The van der Waals surface area contributed by atoms with Crippen LogP contribution in [0.4, 0.5) is 4.39 Å². The highest BCUT2D eigenvalue weighted by atomic mass is 31.2.